The number of benzene rings is 1. The number of aromatic nitrogens is 2. The highest BCUT2D eigenvalue weighted by Crippen LogP contribution is 2.30. The molecule has 1 fully saturated rings. The summed E-state index contributed by atoms with van der Waals surface area (Å²) < 4.78 is 31.6. The maximum absolute atomic E-state index is 12.7. The van der Waals surface area contributed by atoms with Gasteiger partial charge in [0.1, 0.15) is 12.4 Å². The number of carbonyl (C=O) groups excluding carboxylic acids is 1. The van der Waals surface area contributed by atoms with Gasteiger partial charge in [-0.05, 0) is 24.1 Å². The number of carbonyl (C=O) groups is 1. The molecule has 6 nitrogen and oxygen atoms in total. The maximum Gasteiger partial charge on any atom is 0.272 e. The molecule has 1 aromatic carbocycles. The number of nitrogens with zero attached hydrogens (tertiary/aromatic N) is 2. The summed E-state index contributed by atoms with van der Waals surface area (Å²) in [4.78, 5) is 12.7. The minimum atomic E-state index is -2.54. The Balaban J connectivity index is 1.70. The quantitative estimate of drug-likeness (QED) is 0.825. The number of nitrogens with one attached hydrogen (secondary N) is 2. The highest BCUT2D eigenvalue weighted by Gasteiger charge is 2.34. The Bertz CT molecular complexity index is 778. The summed E-state index contributed by atoms with van der Waals surface area (Å²) in [5.74, 6) is 0.0404. The zero-order valence-electron chi connectivity index (χ0n) is 14.7. The maximum atomic E-state index is 12.7. The molecule has 1 saturated heterocycles. The van der Waals surface area contributed by atoms with Crippen LogP contribution in [-0.4, -0.2) is 41.8 Å². The first-order valence-corrected chi connectivity index (χ1v) is 8.45. The second-order valence-electron chi connectivity index (χ2n) is 6.49. The molecule has 0 unspecified atom stereocenters. The van der Waals surface area contributed by atoms with Crippen molar-refractivity contribution in [1.29, 1.82) is 0 Å². The largest absolute Gasteiger partial charge is 0.487 e. The van der Waals surface area contributed by atoms with Crippen molar-refractivity contribution in [3.63, 3.8) is 0 Å². The summed E-state index contributed by atoms with van der Waals surface area (Å²) >= 11 is 0. The number of aryl methyl sites for hydroxylation is 2. The molecule has 0 saturated carbocycles. The van der Waals surface area contributed by atoms with Crippen LogP contribution in [0.2, 0.25) is 0 Å². The number of anilines is 1. The Morgan fingerprint density at radius 3 is 2.96 bits per heavy atom. The highest BCUT2D eigenvalue weighted by molar-refractivity contribution is 5.93. The molecular formula is C18H22F2N4O2. The van der Waals surface area contributed by atoms with E-state index in [0.717, 1.165) is 11.1 Å². The summed E-state index contributed by atoms with van der Waals surface area (Å²) in [5.41, 5.74) is 2.28. The topological polar surface area (TPSA) is 68.2 Å². The molecule has 2 heterocycles. The van der Waals surface area contributed by atoms with Gasteiger partial charge in [-0.1, -0.05) is 6.07 Å². The Morgan fingerprint density at radius 2 is 2.27 bits per heavy atom. The standard InChI is InChI=1S/C18H22F2N4O2/c1-11-3-4-13(5-16(11)26-10-17(19)20)23-18(25)15-8-21-7-14(15)12-6-22-24(2)9-12/h3-6,9,14-15,17,21H,7-8,10H2,1-2H3,(H,23,25)/t14-,15+/m1/s1. The predicted molar refractivity (Wildman–Crippen MR) is 93.6 cm³/mol. The molecule has 2 atom stereocenters. The molecule has 3 rings (SSSR count). The van der Waals surface area contributed by atoms with Gasteiger partial charge in [-0.3, -0.25) is 9.48 Å². The molecule has 1 aliphatic rings. The zero-order valence-corrected chi connectivity index (χ0v) is 14.7. The molecule has 1 aliphatic heterocycles. The number of hydrogen-bond donors (Lipinski definition) is 2. The Hall–Kier alpha value is -2.48. The number of alkyl halides is 2. The van der Waals surface area contributed by atoms with Crippen LogP contribution in [0.25, 0.3) is 0 Å². The lowest BCUT2D eigenvalue weighted by molar-refractivity contribution is -0.119. The van der Waals surface area contributed by atoms with Crippen LogP contribution in [0.1, 0.15) is 17.0 Å². The van der Waals surface area contributed by atoms with Crippen LogP contribution in [0, 0.1) is 12.8 Å². The van der Waals surface area contributed by atoms with Crippen LogP contribution in [0.3, 0.4) is 0 Å². The van der Waals surface area contributed by atoms with Crippen molar-refractivity contribution in [3.8, 4) is 5.75 Å². The van der Waals surface area contributed by atoms with Crippen LogP contribution in [0.4, 0.5) is 14.5 Å². The molecule has 2 N–H and O–H groups in total. The smallest absolute Gasteiger partial charge is 0.272 e. The second-order valence-corrected chi connectivity index (χ2v) is 6.49. The van der Waals surface area contributed by atoms with Crippen molar-refractivity contribution in [2.75, 3.05) is 25.0 Å². The van der Waals surface area contributed by atoms with Gasteiger partial charge in [0, 0.05) is 44.0 Å². The lowest BCUT2D eigenvalue weighted by atomic mass is 9.90. The average Bonchev–Trinajstić information content (AvgIpc) is 3.23. The lowest BCUT2D eigenvalue weighted by Gasteiger charge is -2.18. The molecule has 0 radical (unpaired) electrons. The molecule has 0 bridgehead atoms. The zero-order chi connectivity index (χ0) is 18.7. The van der Waals surface area contributed by atoms with Crippen LogP contribution in [0.15, 0.2) is 30.6 Å². The van der Waals surface area contributed by atoms with Gasteiger partial charge in [-0.25, -0.2) is 8.78 Å². The number of rotatable bonds is 6. The fourth-order valence-electron chi connectivity index (χ4n) is 3.16. The molecule has 140 valence electrons. The number of halogens is 2. The molecule has 26 heavy (non-hydrogen) atoms. The minimum Gasteiger partial charge on any atom is -0.487 e. The first-order chi connectivity index (χ1) is 12.4. The summed E-state index contributed by atoms with van der Waals surface area (Å²) in [6.45, 7) is 2.38. The van der Waals surface area contributed by atoms with Gasteiger partial charge in [0.2, 0.25) is 5.91 Å². The molecule has 1 amide bonds. The van der Waals surface area contributed by atoms with E-state index in [4.69, 9.17) is 4.74 Å². The molecular weight excluding hydrogens is 342 g/mol. The van der Waals surface area contributed by atoms with Crippen molar-refractivity contribution in [2.45, 2.75) is 19.3 Å². The second kappa shape index (κ2) is 7.82. The van der Waals surface area contributed by atoms with Gasteiger partial charge in [0.15, 0.2) is 0 Å². The van der Waals surface area contributed by atoms with Gasteiger partial charge >= 0.3 is 0 Å². The van der Waals surface area contributed by atoms with E-state index in [2.05, 4.69) is 15.7 Å². The number of hydrogen-bond acceptors (Lipinski definition) is 4. The Kier molecular flexibility index (Phi) is 5.51. The third kappa shape index (κ3) is 4.19. The van der Waals surface area contributed by atoms with E-state index in [-0.39, 0.29) is 17.7 Å². The van der Waals surface area contributed by atoms with E-state index < -0.39 is 13.0 Å². The molecule has 0 aliphatic carbocycles. The third-order valence-electron chi connectivity index (χ3n) is 4.52. The fraction of sp³-hybridized carbons (Fsp3) is 0.444. The van der Waals surface area contributed by atoms with Crippen molar-refractivity contribution in [1.82, 2.24) is 15.1 Å². The Labute approximate surface area is 150 Å². The van der Waals surface area contributed by atoms with Gasteiger partial charge in [0.05, 0.1) is 12.1 Å². The normalized spacial score (nSPS) is 19.7. The van der Waals surface area contributed by atoms with Gasteiger partial charge in [-0.2, -0.15) is 5.10 Å². The first kappa shape index (κ1) is 18.3. The number of amides is 1. The van der Waals surface area contributed by atoms with E-state index in [1.165, 1.54) is 0 Å². The Morgan fingerprint density at radius 1 is 1.46 bits per heavy atom. The van der Waals surface area contributed by atoms with Crippen molar-refractivity contribution < 1.29 is 18.3 Å². The van der Waals surface area contributed by atoms with E-state index in [0.29, 0.717) is 24.5 Å². The highest BCUT2D eigenvalue weighted by atomic mass is 19.3. The third-order valence-corrected chi connectivity index (χ3v) is 4.52. The van der Waals surface area contributed by atoms with Gasteiger partial charge in [-0.15, -0.1) is 0 Å². The van der Waals surface area contributed by atoms with E-state index in [1.807, 2.05) is 13.2 Å². The van der Waals surface area contributed by atoms with E-state index in [1.54, 1.807) is 36.0 Å². The van der Waals surface area contributed by atoms with Crippen molar-refractivity contribution >= 4 is 11.6 Å². The van der Waals surface area contributed by atoms with Crippen LogP contribution in [-0.2, 0) is 11.8 Å². The molecule has 8 heteroatoms. The van der Waals surface area contributed by atoms with Crippen LogP contribution >= 0.6 is 0 Å². The molecule has 0 spiro atoms. The summed E-state index contributed by atoms with van der Waals surface area (Å²) in [7, 11) is 1.84. The SMILES string of the molecule is Cc1ccc(NC(=O)[C@H]2CNC[C@@H]2c2cnn(C)c2)cc1OCC(F)F. The number of ether oxygens (including phenoxy) is 1. The van der Waals surface area contributed by atoms with E-state index in [9.17, 15) is 13.6 Å². The summed E-state index contributed by atoms with van der Waals surface area (Å²) in [6.07, 6.45) is 1.15. The average molecular weight is 364 g/mol. The monoisotopic (exact) mass is 364 g/mol. The van der Waals surface area contributed by atoms with Crippen molar-refractivity contribution in [2.24, 2.45) is 13.0 Å². The summed E-state index contributed by atoms with van der Waals surface area (Å²) in [6, 6.07) is 5.06. The fourth-order valence-corrected chi connectivity index (χ4v) is 3.16. The van der Waals surface area contributed by atoms with Crippen molar-refractivity contribution in [3.05, 3.63) is 41.7 Å². The van der Waals surface area contributed by atoms with Crippen LogP contribution < -0.4 is 15.4 Å². The summed E-state index contributed by atoms with van der Waals surface area (Å²) in [5, 5.41) is 10.3. The lowest BCUT2D eigenvalue weighted by Crippen LogP contribution is -2.28. The first-order valence-electron chi connectivity index (χ1n) is 8.45. The molecule has 2 aromatic rings. The molecule has 1 aromatic heterocycles. The minimum absolute atomic E-state index is 0.0451. The van der Waals surface area contributed by atoms with E-state index >= 15 is 0 Å². The predicted octanol–water partition coefficient (Wildman–Crippen LogP) is 2.31. The van der Waals surface area contributed by atoms with Crippen LogP contribution in [0.5, 0.6) is 5.75 Å². The van der Waals surface area contributed by atoms with Gasteiger partial charge in [0.25, 0.3) is 6.43 Å². The van der Waals surface area contributed by atoms with Gasteiger partial charge < -0.3 is 15.4 Å².